The van der Waals surface area contributed by atoms with Gasteiger partial charge >= 0.3 is 0 Å². The number of aryl methyl sites for hydroxylation is 2. The second-order valence-electron chi connectivity index (χ2n) is 6.35. The van der Waals surface area contributed by atoms with Crippen molar-refractivity contribution in [1.29, 1.82) is 0 Å². The van der Waals surface area contributed by atoms with Gasteiger partial charge < -0.3 is 9.64 Å². The highest BCUT2D eigenvalue weighted by molar-refractivity contribution is 7.92. The molecule has 0 saturated carbocycles. The largest absolute Gasteiger partial charge is 0.375 e. The first-order valence-corrected chi connectivity index (χ1v) is 9.91. The van der Waals surface area contributed by atoms with E-state index < -0.39 is 10.0 Å². The third kappa shape index (κ3) is 3.89. The Bertz CT molecular complexity index is 925. The summed E-state index contributed by atoms with van der Waals surface area (Å²) in [4.78, 5) is 14.1. The third-order valence-electron chi connectivity index (χ3n) is 4.32. The molecule has 0 radical (unpaired) electrons. The highest BCUT2D eigenvalue weighted by Crippen LogP contribution is 2.31. The summed E-state index contributed by atoms with van der Waals surface area (Å²) in [6.07, 6.45) is 1.73. The van der Waals surface area contributed by atoms with Crippen molar-refractivity contribution in [3.8, 4) is 0 Å². The number of ether oxygens (including phenoxy) is 1. The van der Waals surface area contributed by atoms with E-state index in [0.29, 0.717) is 12.2 Å². The molecule has 0 saturated heterocycles. The van der Waals surface area contributed by atoms with Crippen LogP contribution in [0.15, 0.2) is 47.4 Å². The van der Waals surface area contributed by atoms with Crippen LogP contribution >= 0.6 is 0 Å². The zero-order valence-electron chi connectivity index (χ0n) is 14.9. The van der Waals surface area contributed by atoms with E-state index in [2.05, 4.69) is 4.72 Å². The van der Waals surface area contributed by atoms with Crippen LogP contribution in [0.3, 0.4) is 0 Å². The number of hydrogen-bond donors (Lipinski definition) is 1. The number of sulfonamides is 1. The normalized spacial score (nSPS) is 14.0. The molecule has 0 aliphatic carbocycles. The Balaban J connectivity index is 1.90. The minimum Gasteiger partial charge on any atom is -0.375 e. The second-order valence-corrected chi connectivity index (χ2v) is 8.03. The van der Waals surface area contributed by atoms with Gasteiger partial charge in [0.05, 0.1) is 10.6 Å². The van der Waals surface area contributed by atoms with Gasteiger partial charge in [-0.05, 0) is 55.2 Å². The van der Waals surface area contributed by atoms with E-state index in [1.54, 1.807) is 35.2 Å². The summed E-state index contributed by atoms with van der Waals surface area (Å²) in [6, 6.07) is 12.1. The van der Waals surface area contributed by atoms with Crippen molar-refractivity contribution in [1.82, 2.24) is 0 Å². The summed E-state index contributed by atoms with van der Waals surface area (Å²) in [7, 11) is -2.21. The SMILES string of the molecule is COCC(=O)N1CCCc2ccc(NS(=O)(=O)c3cccc(C)c3)cc21. The first kappa shape index (κ1) is 18.4. The van der Waals surface area contributed by atoms with Gasteiger partial charge in [0.15, 0.2) is 0 Å². The van der Waals surface area contributed by atoms with Gasteiger partial charge in [-0.15, -0.1) is 0 Å². The molecule has 0 atom stereocenters. The highest BCUT2D eigenvalue weighted by atomic mass is 32.2. The molecule has 2 aromatic carbocycles. The van der Waals surface area contributed by atoms with Gasteiger partial charge in [0.25, 0.3) is 15.9 Å². The number of fused-ring (bicyclic) bond motifs is 1. The van der Waals surface area contributed by atoms with E-state index in [1.165, 1.54) is 7.11 Å². The molecule has 2 aromatic rings. The summed E-state index contributed by atoms with van der Waals surface area (Å²) in [5.41, 5.74) is 3.07. The lowest BCUT2D eigenvalue weighted by Gasteiger charge is -2.30. The zero-order valence-corrected chi connectivity index (χ0v) is 15.7. The van der Waals surface area contributed by atoms with Crippen molar-refractivity contribution in [3.63, 3.8) is 0 Å². The number of rotatable bonds is 5. The first-order valence-electron chi connectivity index (χ1n) is 8.42. The Morgan fingerprint density at radius 1 is 1.23 bits per heavy atom. The van der Waals surface area contributed by atoms with Crippen molar-refractivity contribution in [2.45, 2.75) is 24.7 Å². The van der Waals surface area contributed by atoms with Crippen molar-refractivity contribution >= 4 is 27.3 Å². The predicted octanol–water partition coefficient (Wildman–Crippen LogP) is 2.72. The number of hydrogen-bond acceptors (Lipinski definition) is 4. The number of methoxy groups -OCH3 is 1. The molecule has 1 heterocycles. The molecule has 0 unspecified atom stereocenters. The molecule has 1 aliphatic heterocycles. The Labute approximate surface area is 153 Å². The van der Waals surface area contributed by atoms with Gasteiger partial charge in [-0.3, -0.25) is 9.52 Å². The first-order chi connectivity index (χ1) is 12.4. The smallest absolute Gasteiger partial charge is 0.261 e. The Hall–Kier alpha value is -2.38. The van der Waals surface area contributed by atoms with Crippen molar-refractivity contribution < 1.29 is 17.9 Å². The number of amides is 1. The van der Waals surface area contributed by atoms with Gasteiger partial charge in [0.2, 0.25) is 0 Å². The van der Waals surface area contributed by atoms with Crippen molar-refractivity contribution in [2.75, 3.05) is 29.9 Å². The summed E-state index contributed by atoms with van der Waals surface area (Å²) in [6.45, 7) is 2.44. The molecule has 1 amide bonds. The van der Waals surface area contributed by atoms with Gasteiger partial charge in [0, 0.05) is 19.3 Å². The van der Waals surface area contributed by atoms with Gasteiger partial charge in [0.1, 0.15) is 6.61 Å². The summed E-state index contributed by atoms with van der Waals surface area (Å²) in [5, 5.41) is 0. The minimum absolute atomic E-state index is 0.00130. The molecular weight excluding hydrogens is 352 g/mol. The number of benzene rings is 2. The highest BCUT2D eigenvalue weighted by Gasteiger charge is 2.23. The third-order valence-corrected chi connectivity index (χ3v) is 5.70. The van der Waals surface area contributed by atoms with E-state index in [1.807, 2.05) is 19.1 Å². The molecular formula is C19H22N2O4S. The lowest BCUT2D eigenvalue weighted by atomic mass is 10.0. The molecule has 6 nitrogen and oxygen atoms in total. The van der Waals surface area contributed by atoms with Crippen LogP contribution in [-0.4, -0.2) is 34.6 Å². The summed E-state index contributed by atoms with van der Waals surface area (Å²) >= 11 is 0. The Kier molecular flexibility index (Phi) is 5.29. The van der Waals surface area contributed by atoms with E-state index >= 15 is 0 Å². The fourth-order valence-corrected chi connectivity index (χ4v) is 4.25. The molecule has 138 valence electrons. The average Bonchev–Trinajstić information content (AvgIpc) is 2.61. The maximum atomic E-state index is 12.6. The lowest BCUT2D eigenvalue weighted by molar-refractivity contribution is -0.122. The Morgan fingerprint density at radius 3 is 2.77 bits per heavy atom. The molecule has 1 aliphatic rings. The van der Waals surface area contributed by atoms with Crippen LogP contribution in [0.4, 0.5) is 11.4 Å². The fourth-order valence-electron chi connectivity index (χ4n) is 3.10. The molecule has 3 rings (SSSR count). The summed E-state index contributed by atoms with van der Waals surface area (Å²) < 4.78 is 32.8. The van der Waals surface area contributed by atoms with E-state index in [9.17, 15) is 13.2 Å². The Morgan fingerprint density at radius 2 is 2.04 bits per heavy atom. The molecule has 0 aromatic heterocycles. The van der Waals surface area contributed by atoms with Crippen LogP contribution in [0.5, 0.6) is 0 Å². The van der Waals surface area contributed by atoms with E-state index in [-0.39, 0.29) is 17.4 Å². The molecule has 1 N–H and O–H groups in total. The number of anilines is 2. The van der Waals surface area contributed by atoms with Crippen molar-refractivity contribution in [3.05, 3.63) is 53.6 Å². The molecule has 7 heteroatoms. The van der Waals surface area contributed by atoms with Crippen LogP contribution in [-0.2, 0) is 26.0 Å². The predicted molar refractivity (Wildman–Crippen MR) is 101 cm³/mol. The standard InChI is InChI=1S/C19H22N2O4S/c1-14-5-3-7-17(11-14)26(23,24)20-16-9-8-15-6-4-10-21(18(15)12-16)19(22)13-25-2/h3,5,7-9,11-12,20H,4,6,10,13H2,1-2H3. The maximum absolute atomic E-state index is 12.6. The van der Waals surface area contributed by atoms with Crippen LogP contribution in [0.25, 0.3) is 0 Å². The number of nitrogens with one attached hydrogen (secondary N) is 1. The number of carbonyl (C=O) groups excluding carboxylic acids is 1. The molecule has 26 heavy (non-hydrogen) atoms. The quantitative estimate of drug-likeness (QED) is 0.873. The molecule has 0 fully saturated rings. The summed E-state index contributed by atoms with van der Waals surface area (Å²) in [5.74, 6) is -0.132. The molecule has 0 bridgehead atoms. The van der Waals surface area contributed by atoms with Crippen LogP contribution in [0.2, 0.25) is 0 Å². The number of carbonyl (C=O) groups is 1. The minimum atomic E-state index is -3.69. The van der Waals surface area contributed by atoms with Gasteiger partial charge in [-0.2, -0.15) is 0 Å². The topological polar surface area (TPSA) is 75.7 Å². The maximum Gasteiger partial charge on any atom is 0.261 e. The van der Waals surface area contributed by atoms with Crippen LogP contribution in [0, 0.1) is 6.92 Å². The molecule has 0 spiro atoms. The van der Waals surface area contributed by atoms with E-state index in [4.69, 9.17) is 4.74 Å². The van der Waals surface area contributed by atoms with Crippen molar-refractivity contribution in [2.24, 2.45) is 0 Å². The van der Waals surface area contributed by atoms with E-state index in [0.717, 1.165) is 29.7 Å². The number of nitrogens with zero attached hydrogens (tertiary/aromatic N) is 1. The average molecular weight is 374 g/mol. The zero-order chi connectivity index (χ0) is 18.7. The lowest BCUT2D eigenvalue weighted by Crippen LogP contribution is -2.37. The van der Waals surface area contributed by atoms with Crippen LogP contribution < -0.4 is 9.62 Å². The van der Waals surface area contributed by atoms with Gasteiger partial charge in [-0.1, -0.05) is 18.2 Å². The fraction of sp³-hybridized carbons (Fsp3) is 0.316. The van der Waals surface area contributed by atoms with Crippen LogP contribution in [0.1, 0.15) is 17.5 Å². The van der Waals surface area contributed by atoms with Gasteiger partial charge in [-0.25, -0.2) is 8.42 Å². The monoisotopic (exact) mass is 374 g/mol. The second kappa shape index (κ2) is 7.47.